The molecule has 4 heteroatoms. The standard InChI is InChI=1S/C10H13NO3/c1-8-5-3-4-6-9(8)14-10(12)11-7-13-2/h3-6H,7H2,1-2H3,(H,11,12). The first kappa shape index (κ1) is 10.5. The van der Waals surface area contributed by atoms with Crippen LogP contribution < -0.4 is 10.1 Å². The second-order valence-electron chi connectivity index (χ2n) is 2.76. The minimum Gasteiger partial charge on any atom is -0.410 e. The van der Waals surface area contributed by atoms with Gasteiger partial charge in [0.25, 0.3) is 0 Å². The van der Waals surface area contributed by atoms with Gasteiger partial charge in [0, 0.05) is 7.11 Å². The van der Waals surface area contributed by atoms with Crippen LogP contribution >= 0.6 is 0 Å². The predicted molar refractivity (Wildman–Crippen MR) is 52.2 cm³/mol. The molecule has 0 fully saturated rings. The average molecular weight is 195 g/mol. The molecule has 0 heterocycles. The first-order valence-corrected chi connectivity index (χ1v) is 4.24. The summed E-state index contributed by atoms with van der Waals surface area (Å²) < 4.78 is 9.69. The van der Waals surface area contributed by atoms with Gasteiger partial charge in [-0.25, -0.2) is 4.79 Å². The van der Waals surface area contributed by atoms with Gasteiger partial charge in [-0.1, -0.05) is 18.2 Å². The van der Waals surface area contributed by atoms with Crippen molar-refractivity contribution in [2.24, 2.45) is 0 Å². The summed E-state index contributed by atoms with van der Waals surface area (Å²) >= 11 is 0. The number of carbonyl (C=O) groups is 1. The Hall–Kier alpha value is -1.55. The maximum Gasteiger partial charge on any atom is 0.414 e. The Kier molecular flexibility index (Phi) is 3.94. The molecule has 1 aromatic rings. The smallest absolute Gasteiger partial charge is 0.410 e. The first-order chi connectivity index (χ1) is 6.74. The topological polar surface area (TPSA) is 47.6 Å². The van der Waals surface area contributed by atoms with E-state index in [1.807, 2.05) is 25.1 Å². The number of aryl methyl sites for hydroxylation is 1. The summed E-state index contributed by atoms with van der Waals surface area (Å²) in [4.78, 5) is 11.1. The van der Waals surface area contributed by atoms with E-state index in [0.29, 0.717) is 5.75 Å². The van der Waals surface area contributed by atoms with E-state index < -0.39 is 6.09 Å². The molecule has 76 valence electrons. The third-order valence-corrected chi connectivity index (χ3v) is 1.66. The van der Waals surface area contributed by atoms with Crippen LogP contribution in [0.25, 0.3) is 0 Å². The van der Waals surface area contributed by atoms with Crippen LogP contribution in [0.4, 0.5) is 4.79 Å². The fourth-order valence-corrected chi connectivity index (χ4v) is 0.938. The highest BCUT2D eigenvalue weighted by Gasteiger charge is 2.04. The van der Waals surface area contributed by atoms with Crippen molar-refractivity contribution in [1.82, 2.24) is 5.32 Å². The first-order valence-electron chi connectivity index (χ1n) is 4.24. The zero-order chi connectivity index (χ0) is 10.4. The van der Waals surface area contributed by atoms with Crippen LogP contribution in [-0.2, 0) is 4.74 Å². The highest BCUT2D eigenvalue weighted by atomic mass is 16.6. The van der Waals surface area contributed by atoms with Crippen LogP contribution in [0.3, 0.4) is 0 Å². The lowest BCUT2D eigenvalue weighted by molar-refractivity contribution is 0.153. The molecule has 1 amide bonds. The number of carbonyl (C=O) groups excluding carboxylic acids is 1. The predicted octanol–water partition coefficient (Wildman–Crippen LogP) is 1.69. The maximum atomic E-state index is 11.1. The molecule has 0 bridgehead atoms. The van der Waals surface area contributed by atoms with E-state index in [9.17, 15) is 4.79 Å². The monoisotopic (exact) mass is 195 g/mol. The zero-order valence-corrected chi connectivity index (χ0v) is 8.24. The Morgan fingerprint density at radius 1 is 1.43 bits per heavy atom. The number of hydrogen-bond donors (Lipinski definition) is 1. The molecule has 0 unspecified atom stereocenters. The van der Waals surface area contributed by atoms with E-state index in [4.69, 9.17) is 4.74 Å². The third-order valence-electron chi connectivity index (χ3n) is 1.66. The minimum atomic E-state index is -0.513. The molecule has 0 aliphatic rings. The average Bonchev–Trinajstić information content (AvgIpc) is 2.18. The molecule has 0 aliphatic heterocycles. The van der Waals surface area contributed by atoms with Crippen LogP contribution in [-0.4, -0.2) is 19.9 Å². The van der Waals surface area contributed by atoms with Gasteiger partial charge in [-0.05, 0) is 18.6 Å². The van der Waals surface area contributed by atoms with Crippen molar-refractivity contribution in [3.8, 4) is 5.75 Å². The normalized spacial score (nSPS) is 9.57. The van der Waals surface area contributed by atoms with Crippen molar-refractivity contribution in [3.05, 3.63) is 29.8 Å². The van der Waals surface area contributed by atoms with E-state index in [-0.39, 0.29) is 6.73 Å². The fourth-order valence-electron chi connectivity index (χ4n) is 0.938. The zero-order valence-electron chi connectivity index (χ0n) is 8.24. The summed E-state index contributed by atoms with van der Waals surface area (Å²) in [6.45, 7) is 2.02. The molecule has 0 aromatic heterocycles. The summed E-state index contributed by atoms with van der Waals surface area (Å²) in [6, 6.07) is 7.31. The number of rotatable bonds is 3. The molecule has 0 radical (unpaired) electrons. The lowest BCUT2D eigenvalue weighted by Gasteiger charge is -2.07. The summed E-state index contributed by atoms with van der Waals surface area (Å²) in [6.07, 6.45) is -0.513. The quantitative estimate of drug-likeness (QED) is 0.746. The maximum absolute atomic E-state index is 11.1. The third kappa shape index (κ3) is 3.06. The van der Waals surface area contributed by atoms with Gasteiger partial charge in [-0.15, -0.1) is 0 Å². The van der Waals surface area contributed by atoms with Crippen LogP contribution in [0.5, 0.6) is 5.75 Å². The molecule has 0 saturated heterocycles. The van der Waals surface area contributed by atoms with Crippen LogP contribution in [0, 0.1) is 6.92 Å². The van der Waals surface area contributed by atoms with Gasteiger partial charge in [0.1, 0.15) is 12.5 Å². The van der Waals surface area contributed by atoms with E-state index >= 15 is 0 Å². The molecule has 0 saturated carbocycles. The Morgan fingerprint density at radius 3 is 2.79 bits per heavy atom. The van der Waals surface area contributed by atoms with Crippen LogP contribution in [0.1, 0.15) is 5.56 Å². The second kappa shape index (κ2) is 5.24. The molecule has 0 aliphatic carbocycles. The fraction of sp³-hybridized carbons (Fsp3) is 0.300. The highest BCUT2D eigenvalue weighted by Crippen LogP contribution is 2.15. The van der Waals surface area contributed by atoms with Crippen molar-refractivity contribution in [2.75, 3.05) is 13.8 Å². The molecule has 0 atom stereocenters. The Balaban J connectivity index is 2.52. The van der Waals surface area contributed by atoms with E-state index in [0.717, 1.165) is 5.56 Å². The molecular formula is C10H13NO3. The Labute approximate surface area is 82.8 Å². The summed E-state index contributed by atoms with van der Waals surface area (Å²) in [5.41, 5.74) is 0.917. The lowest BCUT2D eigenvalue weighted by Crippen LogP contribution is -2.28. The van der Waals surface area contributed by atoms with Crippen molar-refractivity contribution in [1.29, 1.82) is 0 Å². The lowest BCUT2D eigenvalue weighted by atomic mass is 10.2. The van der Waals surface area contributed by atoms with Crippen LogP contribution in [0.2, 0.25) is 0 Å². The van der Waals surface area contributed by atoms with Crippen molar-refractivity contribution < 1.29 is 14.3 Å². The van der Waals surface area contributed by atoms with E-state index in [1.165, 1.54) is 7.11 Å². The van der Waals surface area contributed by atoms with Gasteiger partial charge in [-0.3, -0.25) is 5.32 Å². The number of nitrogens with one attached hydrogen (secondary N) is 1. The number of methoxy groups -OCH3 is 1. The van der Waals surface area contributed by atoms with Crippen molar-refractivity contribution >= 4 is 6.09 Å². The molecule has 14 heavy (non-hydrogen) atoms. The minimum absolute atomic E-state index is 0.144. The number of amides is 1. The molecule has 1 aromatic carbocycles. The van der Waals surface area contributed by atoms with Gasteiger partial charge in [0.15, 0.2) is 0 Å². The number of hydrogen-bond acceptors (Lipinski definition) is 3. The number of benzene rings is 1. The Morgan fingerprint density at radius 2 is 2.14 bits per heavy atom. The van der Waals surface area contributed by atoms with Gasteiger partial charge in [-0.2, -0.15) is 0 Å². The van der Waals surface area contributed by atoms with Gasteiger partial charge in [0.2, 0.25) is 0 Å². The molecular weight excluding hydrogens is 182 g/mol. The summed E-state index contributed by atoms with van der Waals surface area (Å²) in [7, 11) is 1.49. The number of para-hydroxylation sites is 1. The van der Waals surface area contributed by atoms with E-state index in [2.05, 4.69) is 10.1 Å². The molecule has 1 N–H and O–H groups in total. The molecule has 1 rings (SSSR count). The van der Waals surface area contributed by atoms with Gasteiger partial charge < -0.3 is 9.47 Å². The van der Waals surface area contributed by atoms with Gasteiger partial charge in [0.05, 0.1) is 0 Å². The van der Waals surface area contributed by atoms with Crippen molar-refractivity contribution in [3.63, 3.8) is 0 Å². The Bertz CT molecular complexity index is 312. The second-order valence-corrected chi connectivity index (χ2v) is 2.76. The van der Waals surface area contributed by atoms with E-state index in [1.54, 1.807) is 6.07 Å². The van der Waals surface area contributed by atoms with Crippen LogP contribution in [0.15, 0.2) is 24.3 Å². The SMILES string of the molecule is COCNC(=O)Oc1ccccc1C. The van der Waals surface area contributed by atoms with Crippen molar-refractivity contribution in [2.45, 2.75) is 6.92 Å². The largest absolute Gasteiger partial charge is 0.414 e. The summed E-state index contributed by atoms with van der Waals surface area (Å²) in [5, 5.41) is 2.42. The molecule has 4 nitrogen and oxygen atoms in total. The highest BCUT2D eigenvalue weighted by molar-refractivity contribution is 5.70. The number of ether oxygens (including phenoxy) is 2. The molecule has 0 spiro atoms. The summed E-state index contributed by atoms with van der Waals surface area (Å²) in [5.74, 6) is 0.557. The van der Waals surface area contributed by atoms with Gasteiger partial charge >= 0.3 is 6.09 Å².